The number of rotatable bonds is 4. The van der Waals surface area contributed by atoms with E-state index < -0.39 is 0 Å². The second kappa shape index (κ2) is 10.1. The van der Waals surface area contributed by atoms with Crippen molar-refractivity contribution in [2.75, 3.05) is 0 Å². The summed E-state index contributed by atoms with van der Waals surface area (Å²) in [7, 11) is 0. The molecule has 2 heterocycles. The predicted octanol–water partition coefficient (Wildman–Crippen LogP) is 11.2. The summed E-state index contributed by atoms with van der Waals surface area (Å²) < 4.78 is 2.57. The Morgan fingerprint density at radius 2 is 1.09 bits per heavy atom. The summed E-state index contributed by atoms with van der Waals surface area (Å²) in [6.45, 7) is 2.36. The molecule has 9 rings (SSSR count). The molecule has 2 nitrogen and oxygen atoms in total. The fourth-order valence-corrected chi connectivity index (χ4v) is 8.22. The van der Waals surface area contributed by atoms with Crippen LogP contribution in [0.5, 0.6) is 0 Å². The fourth-order valence-electron chi connectivity index (χ4n) is 7.08. The van der Waals surface area contributed by atoms with E-state index in [1.54, 1.807) is 0 Å². The van der Waals surface area contributed by atoms with Gasteiger partial charge in [-0.15, -0.1) is 11.3 Å². The van der Waals surface area contributed by atoms with Crippen LogP contribution in [-0.4, -0.2) is 9.97 Å². The smallest absolute Gasteiger partial charge is 0.160 e. The molecule has 0 radical (unpaired) electrons. The van der Waals surface area contributed by atoms with Crippen LogP contribution in [0.3, 0.4) is 0 Å². The molecule has 0 bridgehead atoms. The molecular formula is C42H28N2S. The van der Waals surface area contributed by atoms with Gasteiger partial charge in [0.1, 0.15) is 0 Å². The summed E-state index contributed by atoms with van der Waals surface area (Å²) in [6.07, 6.45) is 0. The summed E-state index contributed by atoms with van der Waals surface area (Å²) in [5.74, 6) is 0.731. The maximum Gasteiger partial charge on any atom is 0.160 e. The van der Waals surface area contributed by atoms with E-state index in [2.05, 4.69) is 140 Å². The molecule has 0 fully saturated rings. The summed E-state index contributed by atoms with van der Waals surface area (Å²) in [6, 6.07) is 54.4. The first-order valence-corrected chi connectivity index (χ1v) is 16.1. The van der Waals surface area contributed by atoms with Crippen molar-refractivity contribution in [1.82, 2.24) is 9.97 Å². The molecule has 212 valence electrons. The van der Waals surface area contributed by atoms with Gasteiger partial charge >= 0.3 is 0 Å². The average Bonchev–Trinajstić information content (AvgIpc) is 3.61. The third-order valence-electron chi connectivity index (χ3n) is 9.39. The highest BCUT2D eigenvalue weighted by Gasteiger charge is 2.40. The van der Waals surface area contributed by atoms with E-state index >= 15 is 0 Å². The van der Waals surface area contributed by atoms with Crippen LogP contribution in [0.2, 0.25) is 0 Å². The molecule has 0 N–H and O–H groups in total. The van der Waals surface area contributed by atoms with Crippen LogP contribution in [0.4, 0.5) is 0 Å². The molecule has 6 aromatic carbocycles. The van der Waals surface area contributed by atoms with Crippen LogP contribution >= 0.6 is 11.3 Å². The summed E-state index contributed by atoms with van der Waals surface area (Å²) >= 11 is 1.83. The zero-order chi connectivity index (χ0) is 30.0. The first-order chi connectivity index (χ1) is 22.2. The van der Waals surface area contributed by atoms with E-state index in [1.165, 1.54) is 48.0 Å². The molecule has 1 atom stereocenters. The molecular weight excluding hydrogens is 565 g/mol. The second-order valence-corrected chi connectivity index (χ2v) is 13.0. The SMILES string of the molecule is CC1(c2ccccc2)c2ccccc2-c2ccc(-c3cc(-c4ccc5c(c4)sc4ccccc45)nc(-c4ccccc4)n3)cc21. The van der Waals surface area contributed by atoms with E-state index in [1.807, 2.05) is 29.5 Å². The van der Waals surface area contributed by atoms with Gasteiger partial charge in [0.15, 0.2) is 5.82 Å². The monoisotopic (exact) mass is 592 g/mol. The Morgan fingerprint density at radius 3 is 1.91 bits per heavy atom. The normalized spacial score (nSPS) is 15.3. The lowest BCUT2D eigenvalue weighted by Gasteiger charge is -2.28. The van der Waals surface area contributed by atoms with Crippen LogP contribution in [0.15, 0.2) is 152 Å². The highest BCUT2D eigenvalue weighted by Crippen LogP contribution is 2.53. The molecule has 2 aromatic heterocycles. The highest BCUT2D eigenvalue weighted by molar-refractivity contribution is 7.25. The highest BCUT2D eigenvalue weighted by atomic mass is 32.1. The lowest BCUT2D eigenvalue weighted by molar-refractivity contribution is 0.714. The van der Waals surface area contributed by atoms with Crippen LogP contribution < -0.4 is 0 Å². The Labute approximate surface area is 266 Å². The molecule has 1 aliphatic rings. The molecule has 0 spiro atoms. The number of thiophene rings is 1. The third-order valence-corrected chi connectivity index (χ3v) is 10.5. The molecule has 0 aliphatic heterocycles. The number of hydrogen-bond acceptors (Lipinski definition) is 3. The molecule has 8 aromatic rings. The standard InChI is InChI=1S/C42H28N2S/c1-42(30-14-6-3-7-15-30)35-18-10-8-16-31(35)32-22-20-28(24-36(32)42)37-26-38(44-41(43-37)27-12-4-2-5-13-27)29-21-23-34-33-17-9-11-19-39(33)45-40(34)25-29/h2-26H,1H3. The maximum absolute atomic E-state index is 5.18. The minimum Gasteiger partial charge on any atom is -0.228 e. The minimum absolute atomic E-state index is 0.270. The van der Waals surface area contributed by atoms with Crippen molar-refractivity contribution in [3.8, 4) is 45.0 Å². The van der Waals surface area contributed by atoms with Crippen molar-refractivity contribution in [2.24, 2.45) is 0 Å². The summed E-state index contributed by atoms with van der Waals surface area (Å²) in [4.78, 5) is 10.3. The average molecular weight is 593 g/mol. The van der Waals surface area contributed by atoms with Gasteiger partial charge in [-0.25, -0.2) is 9.97 Å². The van der Waals surface area contributed by atoms with E-state index in [-0.39, 0.29) is 5.41 Å². The number of hydrogen-bond donors (Lipinski definition) is 0. The Morgan fingerprint density at radius 1 is 0.467 bits per heavy atom. The van der Waals surface area contributed by atoms with Crippen LogP contribution in [-0.2, 0) is 5.41 Å². The molecule has 1 unspecified atom stereocenters. The topological polar surface area (TPSA) is 25.8 Å². The third kappa shape index (κ3) is 4.08. The molecule has 45 heavy (non-hydrogen) atoms. The molecule has 0 saturated heterocycles. The van der Waals surface area contributed by atoms with Gasteiger partial charge in [-0.3, -0.25) is 0 Å². The quantitative estimate of drug-likeness (QED) is 0.203. The number of aromatic nitrogens is 2. The number of benzene rings is 6. The van der Waals surface area contributed by atoms with Gasteiger partial charge in [0, 0.05) is 42.3 Å². The van der Waals surface area contributed by atoms with E-state index in [4.69, 9.17) is 9.97 Å². The van der Waals surface area contributed by atoms with Crippen molar-refractivity contribution in [3.05, 3.63) is 168 Å². The minimum atomic E-state index is -0.270. The predicted molar refractivity (Wildman–Crippen MR) is 189 cm³/mol. The van der Waals surface area contributed by atoms with Crippen molar-refractivity contribution in [2.45, 2.75) is 12.3 Å². The van der Waals surface area contributed by atoms with Crippen LogP contribution in [0.1, 0.15) is 23.6 Å². The van der Waals surface area contributed by atoms with Gasteiger partial charge in [-0.2, -0.15) is 0 Å². The van der Waals surface area contributed by atoms with Gasteiger partial charge in [-0.05, 0) is 59.0 Å². The van der Waals surface area contributed by atoms with Gasteiger partial charge < -0.3 is 0 Å². The zero-order valence-corrected chi connectivity index (χ0v) is 25.6. The molecule has 3 heteroatoms. The Kier molecular flexibility index (Phi) is 5.84. The van der Waals surface area contributed by atoms with Gasteiger partial charge in [0.05, 0.1) is 11.4 Å². The van der Waals surface area contributed by atoms with E-state index in [0.29, 0.717) is 0 Å². The van der Waals surface area contributed by atoms with E-state index in [0.717, 1.165) is 33.9 Å². The molecule has 0 amide bonds. The van der Waals surface area contributed by atoms with Gasteiger partial charge in [0.25, 0.3) is 0 Å². The number of fused-ring (bicyclic) bond motifs is 6. The number of nitrogens with zero attached hydrogens (tertiary/aromatic N) is 2. The van der Waals surface area contributed by atoms with Gasteiger partial charge in [0.2, 0.25) is 0 Å². The van der Waals surface area contributed by atoms with Crippen LogP contribution in [0, 0.1) is 0 Å². The van der Waals surface area contributed by atoms with E-state index in [9.17, 15) is 0 Å². The van der Waals surface area contributed by atoms with Crippen molar-refractivity contribution < 1.29 is 0 Å². The second-order valence-electron chi connectivity index (χ2n) is 11.9. The Hall–Kier alpha value is -5.38. The lowest BCUT2D eigenvalue weighted by atomic mass is 9.74. The molecule has 0 saturated carbocycles. The summed E-state index contributed by atoms with van der Waals surface area (Å²) in [5, 5.41) is 2.59. The first-order valence-electron chi connectivity index (χ1n) is 15.3. The lowest BCUT2D eigenvalue weighted by Crippen LogP contribution is -2.22. The zero-order valence-electron chi connectivity index (χ0n) is 24.7. The largest absolute Gasteiger partial charge is 0.228 e. The maximum atomic E-state index is 5.18. The fraction of sp³-hybridized carbons (Fsp3) is 0.0476. The van der Waals surface area contributed by atoms with Crippen molar-refractivity contribution in [1.29, 1.82) is 0 Å². The van der Waals surface area contributed by atoms with Crippen molar-refractivity contribution in [3.63, 3.8) is 0 Å². The summed E-state index contributed by atoms with van der Waals surface area (Å²) in [5.41, 5.74) is 11.3. The van der Waals surface area contributed by atoms with Crippen LogP contribution in [0.25, 0.3) is 65.2 Å². The van der Waals surface area contributed by atoms with Gasteiger partial charge in [-0.1, -0.05) is 127 Å². The first kappa shape index (κ1) is 26.1. The van der Waals surface area contributed by atoms with Crippen molar-refractivity contribution >= 4 is 31.5 Å². The molecule has 1 aliphatic carbocycles. The Balaban J connectivity index is 1.24. The Bertz CT molecular complexity index is 2390.